The molecule has 0 bridgehead atoms. The summed E-state index contributed by atoms with van der Waals surface area (Å²) in [5.74, 6) is 0.392. The molecule has 1 aliphatic heterocycles. The molecule has 1 aliphatic rings. The van der Waals surface area contributed by atoms with E-state index in [1.807, 2.05) is 37.3 Å². The van der Waals surface area contributed by atoms with E-state index < -0.39 is 0 Å². The summed E-state index contributed by atoms with van der Waals surface area (Å²) in [4.78, 5) is 26.8. The van der Waals surface area contributed by atoms with E-state index in [1.54, 1.807) is 36.4 Å². The van der Waals surface area contributed by atoms with E-state index >= 15 is 0 Å². The smallest absolute Gasteiger partial charge is 0.253 e. The van der Waals surface area contributed by atoms with Gasteiger partial charge in [0, 0.05) is 24.6 Å². The number of methoxy groups -OCH3 is 1. The number of likely N-dealkylation sites (tertiary alicyclic amines) is 1. The lowest BCUT2D eigenvalue weighted by Gasteiger charge is -2.31. The number of carbonyl (C=O) groups excluding carboxylic acids is 2. The molecule has 1 N–H and O–H groups in total. The Morgan fingerprint density at radius 3 is 2.54 bits per heavy atom. The van der Waals surface area contributed by atoms with Gasteiger partial charge in [-0.1, -0.05) is 35.9 Å². The molecule has 2 amide bonds. The van der Waals surface area contributed by atoms with Crippen LogP contribution in [0.3, 0.4) is 0 Å². The van der Waals surface area contributed by atoms with Gasteiger partial charge in [-0.05, 0) is 43.5 Å². The fraction of sp³-hybridized carbons (Fsp3) is 0.318. The van der Waals surface area contributed by atoms with Crippen LogP contribution in [-0.2, 0) is 4.79 Å². The highest BCUT2D eigenvalue weighted by Crippen LogP contribution is 2.21. The van der Waals surface area contributed by atoms with E-state index in [-0.39, 0.29) is 17.7 Å². The first-order valence-corrected chi connectivity index (χ1v) is 9.40. The molecule has 0 radical (unpaired) electrons. The standard InChI is InChI=1S/C22H25N3O3/c1-16-6-8-17(9-7-16)15-23-24-21(26)18-10-12-25(13-11-18)22(27)19-4-3-5-20(14-19)28-2/h3-9,14-15,18H,10-13H2,1-2H3,(H,24,26)/b23-15-. The van der Waals surface area contributed by atoms with Crippen molar-refractivity contribution in [1.82, 2.24) is 10.3 Å². The molecule has 2 aromatic carbocycles. The third kappa shape index (κ3) is 4.97. The Morgan fingerprint density at radius 2 is 1.86 bits per heavy atom. The number of hydrogen-bond donors (Lipinski definition) is 1. The first kappa shape index (κ1) is 19.6. The van der Waals surface area contributed by atoms with Crippen LogP contribution in [0.4, 0.5) is 0 Å². The van der Waals surface area contributed by atoms with Crippen LogP contribution in [0.5, 0.6) is 5.75 Å². The minimum atomic E-state index is -0.135. The summed E-state index contributed by atoms with van der Waals surface area (Å²) in [7, 11) is 1.58. The number of benzene rings is 2. The lowest BCUT2D eigenvalue weighted by molar-refractivity contribution is -0.126. The van der Waals surface area contributed by atoms with Gasteiger partial charge in [0.15, 0.2) is 0 Å². The first-order valence-electron chi connectivity index (χ1n) is 9.40. The Bertz CT molecular complexity index is 854. The molecule has 0 atom stereocenters. The number of aryl methyl sites for hydroxylation is 1. The van der Waals surface area contributed by atoms with E-state index in [9.17, 15) is 9.59 Å². The number of hydrazone groups is 1. The largest absolute Gasteiger partial charge is 0.497 e. The van der Waals surface area contributed by atoms with Crippen LogP contribution in [0.1, 0.15) is 34.3 Å². The normalized spacial score (nSPS) is 14.9. The molecular weight excluding hydrogens is 354 g/mol. The summed E-state index contributed by atoms with van der Waals surface area (Å²) in [5, 5.41) is 4.05. The molecule has 3 rings (SSSR count). The zero-order chi connectivity index (χ0) is 19.9. The molecular formula is C22H25N3O3. The summed E-state index contributed by atoms with van der Waals surface area (Å²) >= 11 is 0. The molecule has 146 valence electrons. The lowest BCUT2D eigenvalue weighted by Crippen LogP contribution is -2.42. The van der Waals surface area contributed by atoms with Crippen molar-refractivity contribution in [3.05, 3.63) is 65.2 Å². The third-order valence-corrected chi connectivity index (χ3v) is 4.94. The van der Waals surface area contributed by atoms with Crippen molar-refractivity contribution in [2.45, 2.75) is 19.8 Å². The fourth-order valence-electron chi connectivity index (χ4n) is 3.20. The van der Waals surface area contributed by atoms with Crippen LogP contribution in [0.15, 0.2) is 53.6 Å². The van der Waals surface area contributed by atoms with Crippen molar-refractivity contribution in [2.75, 3.05) is 20.2 Å². The molecule has 1 heterocycles. The average Bonchev–Trinajstić information content (AvgIpc) is 2.74. The third-order valence-electron chi connectivity index (χ3n) is 4.94. The van der Waals surface area contributed by atoms with Gasteiger partial charge in [0.25, 0.3) is 5.91 Å². The predicted octanol–water partition coefficient (Wildman–Crippen LogP) is 3.01. The van der Waals surface area contributed by atoms with Gasteiger partial charge in [0.2, 0.25) is 5.91 Å². The van der Waals surface area contributed by atoms with Gasteiger partial charge in [0.1, 0.15) is 5.75 Å². The second-order valence-electron chi connectivity index (χ2n) is 6.94. The number of piperidine rings is 1. The number of nitrogens with zero attached hydrogens (tertiary/aromatic N) is 2. The molecule has 1 saturated heterocycles. The molecule has 0 spiro atoms. The maximum Gasteiger partial charge on any atom is 0.253 e. The summed E-state index contributed by atoms with van der Waals surface area (Å²) < 4.78 is 5.18. The molecule has 2 aromatic rings. The predicted molar refractivity (Wildman–Crippen MR) is 109 cm³/mol. The highest BCUT2D eigenvalue weighted by molar-refractivity contribution is 5.94. The van der Waals surface area contributed by atoms with Crippen molar-refractivity contribution in [3.8, 4) is 5.75 Å². The monoisotopic (exact) mass is 379 g/mol. The summed E-state index contributed by atoms with van der Waals surface area (Å²) in [6.07, 6.45) is 2.89. The van der Waals surface area contributed by atoms with Crippen LogP contribution in [0.2, 0.25) is 0 Å². The van der Waals surface area contributed by atoms with E-state index in [1.165, 1.54) is 5.56 Å². The molecule has 0 saturated carbocycles. The Balaban J connectivity index is 1.49. The summed E-state index contributed by atoms with van der Waals surface area (Å²) in [6, 6.07) is 15.0. The van der Waals surface area contributed by atoms with Gasteiger partial charge in [-0.25, -0.2) is 5.43 Å². The molecule has 0 aliphatic carbocycles. The van der Waals surface area contributed by atoms with Crippen molar-refractivity contribution < 1.29 is 14.3 Å². The maximum atomic E-state index is 12.6. The second-order valence-corrected chi connectivity index (χ2v) is 6.94. The zero-order valence-corrected chi connectivity index (χ0v) is 16.2. The van der Waals surface area contributed by atoms with Gasteiger partial charge in [-0.3, -0.25) is 9.59 Å². The van der Waals surface area contributed by atoms with Crippen LogP contribution in [0, 0.1) is 12.8 Å². The van der Waals surface area contributed by atoms with E-state index in [0.717, 1.165) is 5.56 Å². The Morgan fingerprint density at radius 1 is 1.14 bits per heavy atom. The van der Waals surface area contributed by atoms with Crippen LogP contribution < -0.4 is 10.2 Å². The van der Waals surface area contributed by atoms with Gasteiger partial charge in [-0.2, -0.15) is 5.10 Å². The van der Waals surface area contributed by atoms with Crippen molar-refractivity contribution >= 4 is 18.0 Å². The summed E-state index contributed by atoms with van der Waals surface area (Å²) in [6.45, 7) is 3.12. The van der Waals surface area contributed by atoms with Crippen molar-refractivity contribution in [1.29, 1.82) is 0 Å². The van der Waals surface area contributed by atoms with Crippen LogP contribution in [0.25, 0.3) is 0 Å². The van der Waals surface area contributed by atoms with E-state index in [2.05, 4.69) is 10.5 Å². The number of nitrogens with one attached hydrogen (secondary N) is 1. The highest BCUT2D eigenvalue weighted by Gasteiger charge is 2.27. The number of carbonyl (C=O) groups is 2. The minimum Gasteiger partial charge on any atom is -0.497 e. The first-order chi connectivity index (χ1) is 13.6. The van der Waals surface area contributed by atoms with Gasteiger partial charge in [0.05, 0.1) is 13.3 Å². The number of amides is 2. The van der Waals surface area contributed by atoms with Crippen molar-refractivity contribution in [3.63, 3.8) is 0 Å². The lowest BCUT2D eigenvalue weighted by atomic mass is 9.95. The fourth-order valence-corrected chi connectivity index (χ4v) is 3.20. The SMILES string of the molecule is COc1cccc(C(=O)N2CCC(C(=O)N/N=C\c3ccc(C)cc3)CC2)c1. The molecule has 1 fully saturated rings. The van der Waals surface area contributed by atoms with E-state index in [4.69, 9.17) is 4.74 Å². The Hall–Kier alpha value is -3.15. The van der Waals surface area contributed by atoms with Gasteiger partial charge < -0.3 is 9.64 Å². The van der Waals surface area contributed by atoms with Crippen LogP contribution in [-0.4, -0.2) is 43.1 Å². The maximum absolute atomic E-state index is 12.6. The highest BCUT2D eigenvalue weighted by atomic mass is 16.5. The number of ether oxygens (including phenoxy) is 1. The molecule has 0 aromatic heterocycles. The Kier molecular flexibility index (Phi) is 6.42. The number of hydrogen-bond acceptors (Lipinski definition) is 4. The quantitative estimate of drug-likeness (QED) is 0.641. The second kappa shape index (κ2) is 9.17. The molecule has 0 unspecified atom stereocenters. The topological polar surface area (TPSA) is 71.0 Å². The minimum absolute atomic E-state index is 0.0323. The number of rotatable bonds is 5. The zero-order valence-electron chi connectivity index (χ0n) is 16.2. The van der Waals surface area contributed by atoms with Crippen molar-refractivity contribution in [2.24, 2.45) is 11.0 Å². The van der Waals surface area contributed by atoms with Crippen LogP contribution >= 0.6 is 0 Å². The average molecular weight is 379 g/mol. The molecule has 28 heavy (non-hydrogen) atoms. The van der Waals surface area contributed by atoms with E-state index in [0.29, 0.717) is 37.2 Å². The Labute approximate surface area is 165 Å². The summed E-state index contributed by atoms with van der Waals surface area (Å²) in [5.41, 5.74) is 5.33. The van der Waals surface area contributed by atoms with Gasteiger partial charge >= 0.3 is 0 Å². The molecule has 6 nitrogen and oxygen atoms in total. The molecule has 6 heteroatoms. The van der Waals surface area contributed by atoms with Gasteiger partial charge in [-0.15, -0.1) is 0 Å².